The Morgan fingerprint density at radius 2 is 1.54 bits per heavy atom. The van der Waals surface area contributed by atoms with Crippen LogP contribution in [0.15, 0.2) is 36.4 Å². The highest BCUT2D eigenvalue weighted by Crippen LogP contribution is 2.44. The van der Waals surface area contributed by atoms with E-state index < -0.39 is 72.0 Å². The minimum atomic E-state index is -5.15. The van der Waals surface area contributed by atoms with Gasteiger partial charge in [0.25, 0.3) is 0 Å². The predicted molar refractivity (Wildman–Crippen MR) is 124 cm³/mol. The third-order valence-electron chi connectivity index (χ3n) is 6.11. The van der Waals surface area contributed by atoms with Gasteiger partial charge in [-0.25, -0.2) is 9.59 Å². The molecule has 1 aliphatic rings. The van der Waals surface area contributed by atoms with Gasteiger partial charge in [-0.1, -0.05) is 6.07 Å². The van der Waals surface area contributed by atoms with Crippen molar-refractivity contribution in [3.05, 3.63) is 58.7 Å². The highest BCUT2D eigenvalue weighted by atomic mass is 19.4. The SMILES string of the molecule is CCOC(=O)N1c2cc(OC(F)(F)F)ccc2C(N(Cc2cc(C(F)(F)F)cc(C(F)(F)F)c2)C(=O)OC)CC1C. The van der Waals surface area contributed by atoms with Gasteiger partial charge in [0.2, 0.25) is 0 Å². The van der Waals surface area contributed by atoms with Crippen LogP contribution in [0.3, 0.4) is 0 Å². The van der Waals surface area contributed by atoms with Gasteiger partial charge in [-0.05, 0) is 55.7 Å². The highest BCUT2D eigenvalue weighted by Gasteiger charge is 2.42. The Bertz CT molecular complexity index is 1250. The molecule has 0 fully saturated rings. The number of anilines is 1. The molecule has 7 nitrogen and oxygen atoms in total. The van der Waals surface area contributed by atoms with Crippen molar-refractivity contribution in [1.29, 1.82) is 0 Å². The first-order valence-electron chi connectivity index (χ1n) is 11.8. The Balaban J connectivity index is 2.16. The fourth-order valence-electron chi connectivity index (χ4n) is 4.50. The van der Waals surface area contributed by atoms with Crippen LogP contribution in [-0.2, 0) is 28.4 Å². The zero-order chi connectivity index (χ0) is 30.9. The van der Waals surface area contributed by atoms with Gasteiger partial charge < -0.3 is 14.2 Å². The molecule has 2 aromatic carbocycles. The fraction of sp³-hybridized carbons (Fsp3) is 0.440. The lowest BCUT2D eigenvalue weighted by molar-refractivity contribution is -0.274. The molecule has 2 aromatic rings. The van der Waals surface area contributed by atoms with Gasteiger partial charge in [0.1, 0.15) is 5.75 Å². The van der Waals surface area contributed by atoms with Crippen molar-refractivity contribution in [2.75, 3.05) is 18.6 Å². The summed E-state index contributed by atoms with van der Waals surface area (Å²) in [7, 11) is 0.932. The van der Waals surface area contributed by atoms with Crippen LogP contribution in [0.25, 0.3) is 0 Å². The maximum atomic E-state index is 13.4. The zero-order valence-electron chi connectivity index (χ0n) is 21.6. The minimum Gasteiger partial charge on any atom is -0.453 e. The Morgan fingerprint density at radius 3 is 2.02 bits per heavy atom. The van der Waals surface area contributed by atoms with Crippen LogP contribution in [0.2, 0.25) is 0 Å². The first kappa shape index (κ1) is 31.7. The molecule has 41 heavy (non-hydrogen) atoms. The van der Waals surface area contributed by atoms with Gasteiger partial charge in [-0.2, -0.15) is 26.3 Å². The average molecular weight is 602 g/mol. The van der Waals surface area contributed by atoms with Crippen molar-refractivity contribution in [2.45, 2.75) is 57.6 Å². The van der Waals surface area contributed by atoms with Crippen LogP contribution in [0.1, 0.15) is 48.6 Å². The predicted octanol–water partition coefficient (Wildman–Crippen LogP) is 7.69. The van der Waals surface area contributed by atoms with Crippen molar-refractivity contribution in [3.8, 4) is 5.75 Å². The van der Waals surface area contributed by atoms with Crippen molar-refractivity contribution < 1.29 is 63.3 Å². The number of rotatable bonds is 5. The summed E-state index contributed by atoms with van der Waals surface area (Å²) in [5.74, 6) is -0.726. The van der Waals surface area contributed by atoms with E-state index in [2.05, 4.69) is 4.74 Å². The molecule has 2 atom stereocenters. The smallest absolute Gasteiger partial charge is 0.453 e. The van der Waals surface area contributed by atoms with Gasteiger partial charge in [-0.3, -0.25) is 9.80 Å². The van der Waals surface area contributed by atoms with Gasteiger partial charge in [0.15, 0.2) is 0 Å². The fourth-order valence-corrected chi connectivity index (χ4v) is 4.50. The molecule has 226 valence electrons. The van der Waals surface area contributed by atoms with Crippen molar-refractivity contribution in [2.24, 2.45) is 0 Å². The molecule has 3 rings (SSSR count). The monoisotopic (exact) mass is 602 g/mol. The van der Waals surface area contributed by atoms with E-state index in [-0.39, 0.29) is 30.3 Å². The number of halogens is 9. The molecule has 0 aromatic heterocycles. The topological polar surface area (TPSA) is 68.3 Å². The average Bonchev–Trinajstić information content (AvgIpc) is 2.84. The summed E-state index contributed by atoms with van der Waals surface area (Å²) < 4.78 is 133. The summed E-state index contributed by atoms with van der Waals surface area (Å²) in [6.45, 7) is 2.05. The van der Waals surface area contributed by atoms with Gasteiger partial charge in [0, 0.05) is 18.7 Å². The summed E-state index contributed by atoms with van der Waals surface area (Å²) in [5, 5.41) is 0. The number of hydrogen-bond acceptors (Lipinski definition) is 5. The molecule has 0 spiro atoms. The van der Waals surface area contributed by atoms with E-state index in [0.29, 0.717) is 12.1 Å². The van der Waals surface area contributed by atoms with Gasteiger partial charge in [-0.15, -0.1) is 13.2 Å². The molecule has 0 bridgehead atoms. The number of carbonyl (C=O) groups excluding carboxylic acids is 2. The summed E-state index contributed by atoms with van der Waals surface area (Å²) in [6, 6.07) is 1.65. The van der Waals surface area contributed by atoms with E-state index >= 15 is 0 Å². The first-order chi connectivity index (χ1) is 18.9. The van der Waals surface area contributed by atoms with E-state index in [1.807, 2.05) is 0 Å². The number of amides is 2. The normalized spacial score (nSPS) is 17.5. The molecule has 2 unspecified atom stereocenters. The van der Waals surface area contributed by atoms with E-state index in [9.17, 15) is 49.1 Å². The Labute approximate surface area is 227 Å². The largest absolute Gasteiger partial charge is 0.573 e. The number of benzene rings is 2. The number of nitrogens with zero attached hydrogens (tertiary/aromatic N) is 2. The molecule has 0 aliphatic carbocycles. The molecule has 0 saturated carbocycles. The van der Waals surface area contributed by atoms with E-state index in [1.165, 1.54) is 13.8 Å². The number of alkyl halides is 9. The minimum absolute atomic E-state index is 0.0408. The van der Waals surface area contributed by atoms with Crippen LogP contribution in [0.5, 0.6) is 5.75 Å². The maximum Gasteiger partial charge on any atom is 0.573 e. The summed E-state index contributed by atoms with van der Waals surface area (Å²) in [5.41, 5.74) is -3.89. The molecule has 1 heterocycles. The van der Waals surface area contributed by atoms with Crippen molar-refractivity contribution in [3.63, 3.8) is 0 Å². The lowest BCUT2D eigenvalue weighted by Gasteiger charge is -2.42. The van der Waals surface area contributed by atoms with Crippen LogP contribution in [0.4, 0.5) is 54.8 Å². The third-order valence-corrected chi connectivity index (χ3v) is 6.11. The molecule has 2 amide bonds. The van der Waals surface area contributed by atoms with Gasteiger partial charge >= 0.3 is 30.9 Å². The second kappa shape index (κ2) is 11.6. The number of carbonyl (C=O) groups is 2. The molecule has 0 saturated heterocycles. The second-order valence-electron chi connectivity index (χ2n) is 8.95. The lowest BCUT2D eigenvalue weighted by Crippen LogP contribution is -2.47. The van der Waals surface area contributed by atoms with Gasteiger partial charge in [0.05, 0.1) is 36.6 Å². The molecular formula is C25H23F9N2O5. The van der Waals surface area contributed by atoms with E-state index in [0.717, 1.165) is 35.1 Å². The van der Waals surface area contributed by atoms with Crippen molar-refractivity contribution >= 4 is 17.9 Å². The van der Waals surface area contributed by atoms with Crippen molar-refractivity contribution in [1.82, 2.24) is 4.90 Å². The van der Waals surface area contributed by atoms with Crippen LogP contribution < -0.4 is 9.64 Å². The highest BCUT2D eigenvalue weighted by molar-refractivity contribution is 5.91. The lowest BCUT2D eigenvalue weighted by atomic mass is 9.90. The first-order valence-corrected chi connectivity index (χ1v) is 11.8. The second-order valence-corrected chi connectivity index (χ2v) is 8.95. The quantitative estimate of drug-likeness (QED) is 0.329. The molecule has 1 aliphatic heterocycles. The van der Waals surface area contributed by atoms with Crippen LogP contribution >= 0.6 is 0 Å². The number of methoxy groups -OCH3 is 1. The Morgan fingerprint density at radius 1 is 0.951 bits per heavy atom. The molecule has 0 radical (unpaired) electrons. The number of fused-ring (bicyclic) bond motifs is 1. The summed E-state index contributed by atoms with van der Waals surface area (Å²) >= 11 is 0. The Kier molecular flexibility index (Phi) is 8.93. The van der Waals surface area contributed by atoms with E-state index in [1.54, 1.807) is 0 Å². The molecular weight excluding hydrogens is 579 g/mol. The summed E-state index contributed by atoms with van der Waals surface area (Å²) in [4.78, 5) is 27.4. The molecule has 0 N–H and O–H groups in total. The van der Waals surface area contributed by atoms with E-state index in [4.69, 9.17) is 9.47 Å². The summed E-state index contributed by atoms with van der Waals surface area (Å²) in [6.07, 6.45) is -17.6. The number of hydrogen-bond donors (Lipinski definition) is 0. The Hall–Kier alpha value is -3.85. The molecule has 16 heteroatoms. The van der Waals surface area contributed by atoms with Crippen LogP contribution in [0, 0.1) is 0 Å². The maximum absolute atomic E-state index is 13.4. The standard InChI is InChI=1S/C25H23F9N2O5/c1-4-40-22(38)36-13(2)7-19(18-6-5-17(11-20(18)36)41-25(32,33)34)35(21(37)39-3)12-14-8-15(23(26,27)28)10-16(9-14)24(29,30)31/h5-6,8-11,13,19H,4,7,12H2,1-3H3. The zero-order valence-corrected chi connectivity index (χ0v) is 21.6. The third kappa shape index (κ3) is 7.47. The number of ether oxygens (including phenoxy) is 3. The van der Waals surface area contributed by atoms with Crippen LogP contribution in [-0.4, -0.2) is 43.2 Å².